The molecule has 0 aliphatic heterocycles. The molecule has 0 spiro atoms. The van der Waals surface area contributed by atoms with E-state index in [4.69, 9.17) is 0 Å². The fourth-order valence-corrected chi connectivity index (χ4v) is 0.221. The van der Waals surface area contributed by atoms with Crippen LogP contribution >= 0.6 is 0 Å². The highest BCUT2D eigenvalue weighted by atomic mass is 16.1. The molecule has 0 unspecified atom stereocenters. The first kappa shape index (κ1) is 8.47. The van der Waals surface area contributed by atoms with Crippen LogP contribution in [0.4, 0.5) is 0 Å². The summed E-state index contributed by atoms with van der Waals surface area (Å²) < 4.78 is 0. The van der Waals surface area contributed by atoms with Crippen molar-refractivity contribution in [1.82, 2.24) is 5.43 Å². The van der Waals surface area contributed by atoms with Gasteiger partial charge in [0, 0.05) is 0 Å². The molecule has 0 rings (SSSR count). The topological polar surface area (TPSA) is 105 Å². The lowest BCUT2D eigenvalue weighted by atomic mass is 10.5. The van der Waals surface area contributed by atoms with Crippen LogP contribution < -0.4 is 11.3 Å². The van der Waals surface area contributed by atoms with E-state index in [2.05, 4.69) is 32.2 Å². The zero-order valence-electron chi connectivity index (χ0n) is 5.48. The standard InChI is InChI=1S/C3H8N6O/c1-3(10)2-5-7-9-8-6-4/h2H2,1H3,(H2,4,7,8)(H,5,6,9). The van der Waals surface area contributed by atoms with Crippen molar-refractivity contribution in [1.29, 1.82) is 0 Å². The average Bonchev–Trinajstić information content (AvgIpc) is 1.87. The Morgan fingerprint density at radius 3 is 2.80 bits per heavy atom. The van der Waals surface area contributed by atoms with Gasteiger partial charge in [-0.05, 0) is 17.4 Å². The summed E-state index contributed by atoms with van der Waals surface area (Å²) in [6.07, 6.45) is 0. The van der Waals surface area contributed by atoms with Crippen molar-refractivity contribution in [3.05, 3.63) is 0 Å². The molecule has 56 valence electrons. The molecule has 0 aliphatic carbocycles. The van der Waals surface area contributed by atoms with Crippen molar-refractivity contribution in [2.75, 3.05) is 6.54 Å². The van der Waals surface area contributed by atoms with E-state index in [1.54, 1.807) is 0 Å². The predicted octanol–water partition coefficient (Wildman–Crippen LogP) is -0.227. The highest BCUT2D eigenvalue weighted by molar-refractivity contribution is 5.77. The number of nitrogens with two attached hydrogens (primary N) is 1. The van der Waals surface area contributed by atoms with Crippen LogP contribution in [-0.4, -0.2) is 12.3 Å². The van der Waals surface area contributed by atoms with E-state index in [1.165, 1.54) is 6.92 Å². The van der Waals surface area contributed by atoms with Gasteiger partial charge in [0.2, 0.25) is 0 Å². The lowest BCUT2D eigenvalue weighted by Crippen LogP contribution is -2.13. The molecule has 0 aliphatic rings. The van der Waals surface area contributed by atoms with Crippen molar-refractivity contribution in [2.24, 2.45) is 26.7 Å². The van der Waals surface area contributed by atoms with Gasteiger partial charge in [-0.25, -0.2) is 0 Å². The molecule has 0 amide bonds. The molecule has 3 N–H and O–H groups in total. The zero-order valence-corrected chi connectivity index (χ0v) is 5.48. The predicted molar refractivity (Wildman–Crippen MR) is 32.6 cm³/mol. The number of nitrogens with one attached hydrogen (secondary N) is 1. The van der Waals surface area contributed by atoms with Crippen LogP contribution in [-0.2, 0) is 4.79 Å². The molecule has 10 heavy (non-hydrogen) atoms. The first-order valence-electron chi connectivity index (χ1n) is 2.49. The van der Waals surface area contributed by atoms with E-state index in [9.17, 15) is 4.79 Å². The van der Waals surface area contributed by atoms with Crippen molar-refractivity contribution in [3.63, 3.8) is 0 Å². The third kappa shape index (κ3) is 6.47. The highest BCUT2D eigenvalue weighted by Gasteiger charge is 1.86. The Kier molecular flexibility index (Phi) is 4.75. The quantitative estimate of drug-likeness (QED) is 0.323. The van der Waals surface area contributed by atoms with Gasteiger partial charge < -0.3 is 5.84 Å². The summed E-state index contributed by atoms with van der Waals surface area (Å²) >= 11 is 0. The van der Waals surface area contributed by atoms with E-state index in [0.29, 0.717) is 0 Å². The van der Waals surface area contributed by atoms with Crippen molar-refractivity contribution in [2.45, 2.75) is 6.92 Å². The maximum absolute atomic E-state index is 10.2. The minimum Gasteiger partial charge on any atom is -0.303 e. The highest BCUT2D eigenvalue weighted by Crippen LogP contribution is 1.72. The third-order valence-corrected chi connectivity index (χ3v) is 0.535. The van der Waals surface area contributed by atoms with Crippen LogP contribution in [0, 0.1) is 0 Å². The van der Waals surface area contributed by atoms with E-state index in [0.717, 1.165) is 0 Å². The summed E-state index contributed by atoms with van der Waals surface area (Å²) in [5.41, 5.74) is 2.32. The smallest absolute Gasteiger partial charge is 0.150 e. The summed E-state index contributed by atoms with van der Waals surface area (Å²) in [6.45, 7) is 1.55. The molecule has 0 aromatic carbocycles. The fourth-order valence-electron chi connectivity index (χ4n) is 0.221. The molecule has 0 aromatic heterocycles. The Labute approximate surface area is 57.3 Å². The lowest BCUT2D eigenvalue weighted by molar-refractivity contribution is -0.116. The lowest BCUT2D eigenvalue weighted by Gasteiger charge is -1.88. The molecule has 0 radical (unpaired) electrons. The number of rotatable bonds is 4. The molecular formula is C3H8N6O. The third-order valence-electron chi connectivity index (χ3n) is 0.535. The molecule has 0 fully saturated rings. The first-order chi connectivity index (χ1) is 4.77. The molecule has 7 heteroatoms. The maximum Gasteiger partial charge on any atom is 0.150 e. The Morgan fingerprint density at radius 2 is 2.30 bits per heavy atom. The van der Waals surface area contributed by atoms with Gasteiger partial charge in [0.05, 0.1) is 6.54 Å². The van der Waals surface area contributed by atoms with E-state index >= 15 is 0 Å². The second-order valence-electron chi connectivity index (χ2n) is 1.43. The number of hydrogen-bond donors (Lipinski definition) is 2. The number of ketones is 1. The van der Waals surface area contributed by atoms with Gasteiger partial charge in [0.25, 0.3) is 0 Å². The maximum atomic E-state index is 10.2. The Bertz CT molecular complexity index is 151. The van der Waals surface area contributed by atoms with Crippen molar-refractivity contribution >= 4 is 5.78 Å². The Morgan fingerprint density at radius 1 is 1.60 bits per heavy atom. The molecule has 0 aromatic rings. The van der Waals surface area contributed by atoms with Crippen LogP contribution in [0.15, 0.2) is 20.9 Å². The SMILES string of the molecule is CC(=O)CNN=NN=NN. The van der Waals surface area contributed by atoms with Gasteiger partial charge in [-0.2, -0.15) is 0 Å². The molecule has 7 nitrogen and oxygen atoms in total. The van der Waals surface area contributed by atoms with Gasteiger partial charge in [0.15, 0.2) is 5.78 Å². The number of hydrogen-bond acceptors (Lipinski definition) is 3. The minimum atomic E-state index is -0.0383. The minimum absolute atomic E-state index is 0.0383. The molecular weight excluding hydrogens is 136 g/mol. The summed E-state index contributed by atoms with van der Waals surface area (Å²) in [7, 11) is 0. The van der Waals surface area contributed by atoms with Gasteiger partial charge in [-0.15, -0.1) is 0 Å². The summed E-state index contributed by atoms with van der Waals surface area (Å²) in [6, 6.07) is 0. The van der Waals surface area contributed by atoms with Crippen LogP contribution in [0.2, 0.25) is 0 Å². The van der Waals surface area contributed by atoms with E-state index in [-0.39, 0.29) is 12.3 Å². The summed E-state index contributed by atoms with van der Waals surface area (Å²) in [5.74, 6) is 4.54. The zero-order chi connectivity index (χ0) is 7.82. The number of nitrogens with zero attached hydrogens (tertiary/aromatic N) is 4. The Balaban J connectivity index is 3.27. The molecule has 0 saturated carbocycles. The van der Waals surface area contributed by atoms with Gasteiger partial charge in [0.1, 0.15) is 0 Å². The summed E-state index contributed by atoms with van der Waals surface area (Å²) in [5, 5.41) is 12.0. The monoisotopic (exact) mass is 144 g/mol. The van der Waals surface area contributed by atoms with Gasteiger partial charge in [-0.3, -0.25) is 10.2 Å². The van der Waals surface area contributed by atoms with Crippen LogP contribution in [0.5, 0.6) is 0 Å². The molecule has 0 heterocycles. The number of carbonyl (C=O) groups is 1. The average molecular weight is 144 g/mol. The largest absolute Gasteiger partial charge is 0.303 e. The van der Waals surface area contributed by atoms with Crippen LogP contribution in [0.25, 0.3) is 0 Å². The second-order valence-corrected chi connectivity index (χ2v) is 1.43. The van der Waals surface area contributed by atoms with Crippen molar-refractivity contribution < 1.29 is 4.79 Å². The van der Waals surface area contributed by atoms with E-state index in [1.807, 2.05) is 0 Å². The van der Waals surface area contributed by atoms with Crippen molar-refractivity contribution in [3.8, 4) is 0 Å². The number of carbonyl (C=O) groups excluding carboxylic acids is 1. The van der Waals surface area contributed by atoms with Crippen LogP contribution in [0.3, 0.4) is 0 Å². The second kappa shape index (κ2) is 5.60. The Hall–Kier alpha value is -1.53. The molecule has 0 atom stereocenters. The van der Waals surface area contributed by atoms with E-state index < -0.39 is 0 Å². The molecule has 0 saturated heterocycles. The van der Waals surface area contributed by atoms with Crippen LogP contribution in [0.1, 0.15) is 6.92 Å². The van der Waals surface area contributed by atoms with Gasteiger partial charge >= 0.3 is 0 Å². The molecule has 0 bridgehead atoms. The number of Topliss-reactive ketones (excluding diaryl/α,β-unsaturated/α-hetero) is 1. The fraction of sp³-hybridized carbons (Fsp3) is 0.667. The normalized spacial score (nSPS) is 10.9. The first-order valence-corrected chi connectivity index (χ1v) is 2.49. The van der Waals surface area contributed by atoms with Gasteiger partial charge in [-0.1, -0.05) is 10.4 Å². The summed E-state index contributed by atoms with van der Waals surface area (Å²) in [4.78, 5) is 10.2.